The van der Waals surface area contributed by atoms with Gasteiger partial charge in [-0.25, -0.2) is 19.3 Å². The fraction of sp³-hybridized carbons (Fsp3) is 0.188. The number of amides is 2. The molecule has 0 saturated carbocycles. The molecule has 132 valence electrons. The first-order valence-electron chi connectivity index (χ1n) is 7.53. The van der Waals surface area contributed by atoms with Gasteiger partial charge in [-0.05, 0) is 19.1 Å². The van der Waals surface area contributed by atoms with Gasteiger partial charge in [0.25, 0.3) is 0 Å². The average molecular weight is 372 g/mol. The van der Waals surface area contributed by atoms with Crippen LogP contribution in [0.5, 0.6) is 0 Å². The Kier molecular flexibility index (Phi) is 4.97. The Balaban J connectivity index is 1.90. The lowest BCUT2D eigenvalue weighted by atomic mass is 10.2. The van der Waals surface area contributed by atoms with E-state index in [0.29, 0.717) is 22.7 Å². The fourth-order valence-electron chi connectivity index (χ4n) is 2.38. The lowest BCUT2D eigenvalue weighted by Crippen LogP contribution is -2.22. The number of fused-ring (bicyclic) bond motifs is 1. The van der Waals surface area contributed by atoms with Crippen LogP contribution in [0.4, 0.5) is 16.2 Å². The third-order valence-electron chi connectivity index (χ3n) is 3.61. The summed E-state index contributed by atoms with van der Waals surface area (Å²) in [7, 11) is 1.55. The second kappa shape index (κ2) is 7.35. The van der Waals surface area contributed by atoms with Crippen LogP contribution in [-0.2, 0) is 4.74 Å². The zero-order chi connectivity index (χ0) is 18.7. The van der Waals surface area contributed by atoms with Gasteiger partial charge in [0.05, 0.1) is 23.7 Å². The summed E-state index contributed by atoms with van der Waals surface area (Å²) >= 11 is 5.95. The van der Waals surface area contributed by atoms with Crippen LogP contribution in [0.3, 0.4) is 0 Å². The molecule has 10 heteroatoms. The number of carbonyl (C=O) groups excluding carboxylic acids is 1. The molecule has 9 nitrogen and oxygen atoms in total. The van der Waals surface area contributed by atoms with Gasteiger partial charge in [-0.3, -0.25) is 0 Å². The van der Waals surface area contributed by atoms with Crippen molar-refractivity contribution >= 4 is 34.7 Å². The van der Waals surface area contributed by atoms with Crippen LogP contribution < -0.4 is 10.6 Å². The van der Waals surface area contributed by atoms with E-state index in [1.165, 1.54) is 23.0 Å². The molecular weight excluding hydrogens is 358 g/mol. The molecule has 2 amide bonds. The molecule has 3 aromatic heterocycles. The summed E-state index contributed by atoms with van der Waals surface area (Å²) in [5.74, 6) is 0. The maximum atomic E-state index is 12.3. The molecule has 1 atom stereocenters. The topological polar surface area (TPSA) is 117 Å². The van der Waals surface area contributed by atoms with Crippen molar-refractivity contribution in [1.29, 1.82) is 5.26 Å². The lowest BCUT2D eigenvalue weighted by molar-refractivity contribution is 0.114. The molecule has 26 heavy (non-hydrogen) atoms. The number of urea groups is 1. The minimum Gasteiger partial charge on any atom is -0.375 e. The summed E-state index contributed by atoms with van der Waals surface area (Å²) in [4.78, 5) is 20.4. The third-order valence-corrected chi connectivity index (χ3v) is 3.79. The SMILES string of the molecule is COC(C)c1c(NC(=O)Nc2ccnc(C#N)c2)cnc2cc(Cl)nn12. The van der Waals surface area contributed by atoms with Crippen molar-refractivity contribution in [2.24, 2.45) is 0 Å². The normalized spacial score (nSPS) is 11.8. The van der Waals surface area contributed by atoms with Crippen LogP contribution in [0.15, 0.2) is 30.6 Å². The second-order valence-corrected chi connectivity index (χ2v) is 5.68. The molecule has 3 aromatic rings. The number of rotatable bonds is 4. The van der Waals surface area contributed by atoms with Crippen molar-refractivity contribution in [3.05, 3.63) is 47.1 Å². The van der Waals surface area contributed by atoms with Crippen molar-refractivity contribution in [3.8, 4) is 6.07 Å². The highest BCUT2D eigenvalue weighted by molar-refractivity contribution is 6.29. The summed E-state index contributed by atoms with van der Waals surface area (Å²) in [5.41, 5.74) is 2.18. The number of aromatic nitrogens is 4. The molecule has 0 aliphatic heterocycles. The van der Waals surface area contributed by atoms with Crippen molar-refractivity contribution in [1.82, 2.24) is 19.6 Å². The fourth-order valence-corrected chi connectivity index (χ4v) is 2.55. The van der Waals surface area contributed by atoms with Gasteiger partial charge < -0.3 is 15.4 Å². The van der Waals surface area contributed by atoms with Crippen LogP contribution >= 0.6 is 11.6 Å². The Morgan fingerprint density at radius 1 is 1.38 bits per heavy atom. The minimum absolute atomic E-state index is 0.200. The molecular formula is C16H14ClN7O2. The van der Waals surface area contributed by atoms with E-state index in [2.05, 4.69) is 25.7 Å². The Hall–Kier alpha value is -3.22. The number of methoxy groups -OCH3 is 1. The Morgan fingerprint density at radius 2 is 2.19 bits per heavy atom. The van der Waals surface area contributed by atoms with Gasteiger partial charge in [-0.2, -0.15) is 10.4 Å². The third kappa shape index (κ3) is 3.56. The van der Waals surface area contributed by atoms with E-state index < -0.39 is 6.03 Å². The molecule has 0 saturated heterocycles. The van der Waals surface area contributed by atoms with Crippen LogP contribution in [0.2, 0.25) is 5.15 Å². The number of nitrogens with zero attached hydrogens (tertiary/aromatic N) is 5. The molecule has 0 aromatic carbocycles. The van der Waals surface area contributed by atoms with E-state index in [1.54, 1.807) is 19.2 Å². The van der Waals surface area contributed by atoms with Crippen molar-refractivity contribution in [3.63, 3.8) is 0 Å². The first kappa shape index (κ1) is 17.6. The molecule has 0 radical (unpaired) electrons. The van der Waals surface area contributed by atoms with Gasteiger partial charge in [-0.15, -0.1) is 0 Å². The first-order valence-corrected chi connectivity index (χ1v) is 7.90. The maximum Gasteiger partial charge on any atom is 0.323 e. The number of hydrogen-bond donors (Lipinski definition) is 2. The van der Waals surface area contributed by atoms with Crippen LogP contribution in [0.1, 0.15) is 24.4 Å². The molecule has 3 heterocycles. The van der Waals surface area contributed by atoms with Gasteiger partial charge in [0.15, 0.2) is 10.8 Å². The van der Waals surface area contributed by atoms with E-state index >= 15 is 0 Å². The number of pyridine rings is 1. The standard InChI is InChI=1S/C16H14ClN7O2/c1-9(26-2)15-12(8-20-14-6-13(17)23-24(14)15)22-16(25)21-10-3-4-19-11(5-10)7-18/h3-6,8-9H,1-2H3,(H2,19,21,22,25). The number of nitrogens with one attached hydrogen (secondary N) is 2. The Bertz CT molecular complexity index is 1010. The van der Waals surface area contributed by atoms with E-state index in [-0.39, 0.29) is 17.0 Å². The lowest BCUT2D eigenvalue weighted by Gasteiger charge is -2.17. The number of anilines is 2. The number of ether oxygens (including phenoxy) is 1. The molecule has 0 aliphatic rings. The van der Waals surface area contributed by atoms with Gasteiger partial charge >= 0.3 is 6.03 Å². The average Bonchev–Trinajstić information content (AvgIpc) is 3.01. The van der Waals surface area contributed by atoms with E-state index in [1.807, 2.05) is 13.0 Å². The predicted octanol–water partition coefficient (Wildman–Crippen LogP) is 3.00. The van der Waals surface area contributed by atoms with Crippen LogP contribution in [0, 0.1) is 11.3 Å². The summed E-state index contributed by atoms with van der Waals surface area (Å²) in [6.45, 7) is 1.81. The summed E-state index contributed by atoms with van der Waals surface area (Å²) in [6.07, 6.45) is 2.56. The summed E-state index contributed by atoms with van der Waals surface area (Å²) < 4.78 is 6.90. The van der Waals surface area contributed by atoms with Crippen LogP contribution in [-0.4, -0.2) is 32.7 Å². The van der Waals surface area contributed by atoms with Gasteiger partial charge in [0.2, 0.25) is 0 Å². The largest absolute Gasteiger partial charge is 0.375 e. The molecule has 1 unspecified atom stereocenters. The predicted molar refractivity (Wildman–Crippen MR) is 95.0 cm³/mol. The highest BCUT2D eigenvalue weighted by atomic mass is 35.5. The summed E-state index contributed by atoms with van der Waals surface area (Å²) in [5, 5.41) is 18.7. The van der Waals surface area contributed by atoms with Crippen molar-refractivity contribution in [2.45, 2.75) is 13.0 Å². The molecule has 0 aliphatic carbocycles. The molecule has 3 rings (SSSR count). The minimum atomic E-state index is -0.510. The monoisotopic (exact) mass is 371 g/mol. The first-order chi connectivity index (χ1) is 12.5. The second-order valence-electron chi connectivity index (χ2n) is 5.29. The van der Waals surface area contributed by atoms with Crippen molar-refractivity contribution < 1.29 is 9.53 Å². The smallest absolute Gasteiger partial charge is 0.323 e. The summed E-state index contributed by atoms with van der Waals surface area (Å²) in [6, 6.07) is 6.05. The van der Waals surface area contributed by atoms with E-state index in [9.17, 15) is 4.79 Å². The number of carbonyl (C=O) groups is 1. The number of nitriles is 1. The van der Waals surface area contributed by atoms with Crippen LogP contribution in [0.25, 0.3) is 5.65 Å². The Morgan fingerprint density at radius 3 is 2.92 bits per heavy atom. The van der Waals surface area contributed by atoms with Gasteiger partial charge in [0, 0.05) is 25.1 Å². The van der Waals surface area contributed by atoms with Crippen molar-refractivity contribution in [2.75, 3.05) is 17.7 Å². The van der Waals surface area contributed by atoms with E-state index in [4.69, 9.17) is 21.6 Å². The molecule has 2 N–H and O–H groups in total. The zero-order valence-electron chi connectivity index (χ0n) is 13.9. The van der Waals surface area contributed by atoms with Gasteiger partial charge in [-0.1, -0.05) is 11.6 Å². The quantitative estimate of drug-likeness (QED) is 0.727. The highest BCUT2D eigenvalue weighted by Crippen LogP contribution is 2.26. The van der Waals surface area contributed by atoms with Gasteiger partial charge in [0.1, 0.15) is 11.8 Å². The molecule has 0 fully saturated rings. The maximum absolute atomic E-state index is 12.3. The van der Waals surface area contributed by atoms with E-state index in [0.717, 1.165) is 0 Å². The number of halogens is 1. The molecule has 0 bridgehead atoms. The highest BCUT2D eigenvalue weighted by Gasteiger charge is 2.19. The molecule has 0 spiro atoms. The Labute approximate surface area is 153 Å². The number of hydrogen-bond acceptors (Lipinski definition) is 6. The zero-order valence-corrected chi connectivity index (χ0v) is 14.7.